The van der Waals surface area contributed by atoms with E-state index in [-0.39, 0.29) is 24.7 Å². The number of carbonyl (C=O) groups is 1. The van der Waals surface area contributed by atoms with E-state index in [0.717, 1.165) is 43.2 Å². The summed E-state index contributed by atoms with van der Waals surface area (Å²) in [6, 6.07) is 11.7. The van der Waals surface area contributed by atoms with Gasteiger partial charge in [0.25, 0.3) is 0 Å². The number of aromatic hydroxyl groups is 1. The summed E-state index contributed by atoms with van der Waals surface area (Å²) < 4.78 is 11.8. The van der Waals surface area contributed by atoms with Crippen LogP contribution in [-0.2, 0) is 17.8 Å². The maximum absolute atomic E-state index is 13.9. The number of allylic oxidation sites excluding steroid dienone is 1. The van der Waals surface area contributed by atoms with Gasteiger partial charge in [0.2, 0.25) is 5.91 Å². The zero-order chi connectivity index (χ0) is 33.3. The Labute approximate surface area is 278 Å². The first-order valence-electron chi connectivity index (χ1n) is 16.8. The maximum atomic E-state index is 13.9. The number of ether oxygens (including phenoxy) is 2. The van der Waals surface area contributed by atoms with Crippen LogP contribution in [0, 0.1) is 5.92 Å². The van der Waals surface area contributed by atoms with Crippen molar-refractivity contribution in [1.29, 1.82) is 0 Å². The largest absolute Gasteiger partial charge is 0.508 e. The molecular weight excluding hydrogens is 598 g/mol. The average molecular weight is 650 g/mol. The number of para-hydroxylation sites is 1. The molecule has 0 bridgehead atoms. The molecule has 11 heteroatoms. The van der Waals surface area contributed by atoms with Crippen molar-refractivity contribution in [2.45, 2.75) is 83.2 Å². The number of carbonyl (C=O) groups excluding carboxylic acids is 1. The highest BCUT2D eigenvalue weighted by Gasteiger charge is 2.44. The van der Waals surface area contributed by atoms with Crippen LogP contribution in [0.4, 0.5) is 0 Å². The van der Waals surface area contributed by atoms with Crippen molar-refractivity contribution in [3.63, 3.8) is 0 Å². The first kappa shape index (κ1) is 34.9. The molecule has 4 atom stereocenters. The van der Waals surface area contributed by atoms with Crippen molar-refractivity contribution in [2.24, 2.45) is 5.92 Å². The molecule has 256 valence electrons. The minimum absolute atomic E-state index is 0.00559. The monoisotopic (exact) mass is 649 g/mol. The molecule has 0 radical (unpaired) electrons. The molecular formula is C36H51N5O6. The molecule has 1 unspecified atom stereocenters. The van der Waals surface area contributed by atoms with Crippen molar-refractivity contribution in [3.8, 4) is 17.2 Å². The van der Waals surface area contributed by atoms with Crippen molar-refractivity contribution in [2.75, 3.05) is 33.4 Å². The molecule has 1 amide bonds. The second-order valence-electron chi connectivity index (χ2n) is 12.8. The molecule has 1 saturated carbocycles. The van der Waals surface area contributed by atoms with E-state index in [2.05, 4.69) is 23.3 Å². The molecule has 1 aliphatic heterocycles. The number of amides is 1. The maximum Gasteiger partial charge on any atom is 0.239 e. The van der Waals surface area contributed by atoms with Gasteiger partial charge in [0, 0.05) is 25.2 Å². The van der Waals surface area contributed by atoms with Crippen LogP contribution in [0.1, 0.15) is 56.6 Å². The van der Waals surface area contributed by atoms with Gasteiger partial charge in [0.15, 0.2) is 17.9 Å². The molecule has 2 aromatic rings. The summed E-state index contributed by atoms with van der Waals surface area (Å²) in [5.41, 5.74) is 2.94. The number of nitrogens with zero attached hydrogens (tertiary/aromatic N) is 3. The lowest BCUT2D eigenvalue weighted by Crippen LogP contribution is -2.72. The van der Waals surface area contributed by atoms with Gasteiger partial charge in [-0.15, -0.1) is 6.58 Å². The lowest BCUT2D eigenvalue weighted by atomic mass is 10.00. The minimum Gasteiger partial charge on any atom is -0.508 e. The molecule has 0 spiro atoms. The van der Waals surface area contributed by atoms with Crippen LogP contribution in [-0.4, -0.2) is 94.3 Å². The molecule has 0 aromatic heterocycles. The van der Waals surface area contributed by atoms with Crippen molar-refractivity contribution in [3.05, 3.63) is 77.9 Å². The van der Waals surface area contributed by atoms with E-state index in [9.17, 15) is 20.1 Å². The summed E-state index contributed by atoms with van der Waals surface area (Å²) in [5.74, 6) is 1.78. The highest BCUT2D eigenvalue weighted by atomic mass is 16.5. The van der Waals surface area contributed by atoms with E-state index in [1.54, 1.807) is 52.4 Å². The highest BCUT2D eigenvalue weighted by Crippen LogP contribution is 2.35. The normalized spacial score (nSPS) is 21.2. The summed E-state index contributed by atoms with van der Waals surface area (Å²) in [4.78, 5) is 15.6. The van der Waals surface area contributed by atoms with E-state index in [1.165, 1.54) is 12.0 Å². The average Bonchev–Trinajstić information content (AvgIpc) is 3.91. The second kappa shape index (κ2) is 16.6. The van der Waals surface area contributed by atoms with Crippen LogP contribution in [0.3, 0.4) is 0 Å². The topological polar surface area (TPSA) is 130 Å². The van der Waals surface area contributed by atoms with Crippen molar-refractivity contribution >= 4 is 5.91 Å². The number of phenols is 1. The summed E-state index contributed by atoms with van der Waals surface area (Å²) >= 11 is 0. The fourth-order valence-corrected chi connectivity index (χ4v) is 6.50. The van der Waals surface area contributed by atoms with Gasteiger partial charge in [0.05, 0.1) is 32.5 Å². The number of hydrogen-bond acceptors (Lipinski definition) is 10. The predicted molar refractivity (Wildman–Crippen MR) is 180 cm³/mol. The summed E-state index contributed by atoms with van der Waals surface area (Å²) in [7, 11) is 1.61. The Bertz CT molecular complexity index is 1370. The molecule has 3 aliphatic rings. The Kier molecular flexibility index (Phi) is 12.3. The lowest BCUT2D eigenvalue weighted by Gasteiger charge is -2.52. The SMILES string of the molecule is C=CCN1CC(=O)N([C@@H](Cc2ccc(O)cc2)[C@H](O)NCc2cccc(OC)c2OCC2CC2)[C@H](C)N1C(O)NCC1=CCCCC1. The molecule has 2 fully saturated rings. The summed E-state index contributed by atoms with van der Waals surface area (Å²) in [5, 5.41) is 43.3. The van der Waals surface area contributed by atoms with Crippen molar-refractivity contribution < 1.29 is 29.6 Å². The standard InChI is InChI=1S/C36H51N5O6/c1-4-19-39-23-33(43)40(25(2)41(39)36(45)38-21-27-9-6-5-7-10-27)31(20-26-15-17-30(42)18-16-26)35(44)37-22-29-11-8-12-32(46-3)34(29)47-24-28-13-14-28/h4,8-9,11-12,15-18,25,28,31,35-38,42,44-45H,1,5-7,10,13-14,19-24H2,2-3H3/t25-,31-,35-,36?/m0/s1. The minimum atomic E-state index is -1.15. The van der Waals surface area contributed by atoms with Crippen LogP contribution in [0.5, 0.6) is 17.2 Å². The van der Waals surface area contributed by atoms with Gasteiger partial charge in [-0.25, -0.2) is 5.01 Å². The first-order chi connectivity index (χ1) is 22.8. The lowest BCUT2D eigenvalue weighted by molar-refractivity contribution is -0.234. The second-order valence-corrected chi connectivity index (χ2v) is 12.8. The Balaban J connectivity index is 1.38. The number of nitrogens with one attached hydrogen (secondary N) is 2. The van der Waals surface area contributed by atoms with Crippen LogP contribution in [0.2, 0.25) is 0 Å². The van der Waals surface area contributed by atoms with E-state index in [1.807, 2.05) is 25.1 Å². The van der Waals surface area contributed by atoms with Crippen LogP contribution >= 0.6 is 0 Å². The first-order valence-corrected chi connectivity index (χ1v) is 16.8. The molecule has 1 saturated heterocycles. The number of benzene rings is 2. The Morgan fingerprint density at radius 3 is 2.55 bits per heavy atom. The fraction of sp³-hybridized carbons (Fsp3) is 0.528. The Hall–Kier alpha value is -3.45. The van der Waals surface area contributed by atoms with E-state index in [4.69, 9.17) is 9.47 Å². The predicted octanol–water partition coefficient (Wildman–Crippen LogP) is 3.47. The van der Waals surface area contributed by atoms with Crippen molar-refractivity contribution in [1.82, 2.24) is 25.6 Å². The molecule has 47 heavy (non-hydrogen) atoms. The number of hydrazine groups is 1. The van der Waals surface area contributed by atoms with E-state index in [0.29, 0.717) is 43.5 Å². The zero-order valence-corrected chi connectivity index (χ0v) is 27.7. The van der Waals surface area contributed by atoms with Gasteiger partial charge < -0.3 is 29.7 Å². The van der Waals surface area contributed by atoms with Crippen LogP contribution in [0.15, 0.2) is 66.8 Å². The van der Waals surface area contributed by atoms with Gasteiger partial charge in [-0.05, 0) is 81.5 Å². The van der Waals surface area contributed by atoms with E-state index < -0.39 is 24.8 Å². The number of aliphatic hydroxyl groups is 2. The van der Waals surface area contributed by atoms with E-state index >= 15 is 0 Å². The molecule has 5 rings (SSSR count). The number of methoxy groups -OCH3 is 1. The van der Waals surface area contributed by atoms with Crippen LogP contribution in [0.25, 0.3) is 0 Å². The van der Waals surface area contributed by atoms with Gasteiger partial charge in [0.1, 0.15) is 12.0 Å². The molecule has 1 heterocycles. The Morgan fingerprint density at radius 2 is 1.87 bits per heavy atom. The van der Waals surface area contributed by atoms with Gasteiger partial charge >= 0.3 is 0 Å². The quantitative estimate of drug-likeness (QED) is 0.128. The third-order valence-electron chi connectivity index (χ3n) is 9.25. The van der Waals surface area contributed by atoms with Gasteiger partial charge in [-0.1, -0.05) is 42.0 Å². The fourth-order valence-electron chi connectivity index (χ4n) is 6.50. The zero-order valence-electron chi connectivity index (χ0n) is 27.7. The Morgan fingerprint density at radius 1 is 1.09 bits per heavy atom. The van der Waals surface area contributed by atoms with Gasteiger partial charge in [-0.2, -0.15) is 5.01 Å². The highest BCUT2D eigenvalue weighted by molar-refractivity contribution is 5.79. The summed E-state index contributed by atoms with van der Waals surface area (Å²) in [6.07, 6.45) is 8.10. The van der Waals surface area contributed by atoms with Crippen LogP contribution < -0.4 is 20.1 Å². The molecule has 2 aromatic carbocycles. The smallest absolute Gasteiger partial charge is 0.239 e. The number of phenolic OH excluding ortho intramolecular Hbond substituents is 1. The number of aliphatic hydroxyl groups excluding tert-OH is 2. The number of hydrogen-bond donors (Lipinski definition) is 5. The molecule has 11 nitrogen and oxygen atoms in total. The third kappa shape index (κ3) is 9.13. The van der Waals surface area contributed by atoms with Gasteiger partial charge in [-0.3, -0.25) is 15.4 Å². The third-order valence-corrected chi connectivity index (χ3v) is 9.25. The number of rotatable bonds is 17. The summed E-state index contributed by atoms with van der Waals surface area (Å²) in [6.45, 7) is 7.54. The molecule has 5 N–H and O–H groups in total. The molecule has 2 aliphatic carbocycles.